The van der Waals surface area contributed by atoms with Gasteiger partial charge in [0.2, 0.25) is 0 Å². The predicted molar refractivity (Wildman–Crippen MR) is 79.1 cm³/mol. The van der Waals surface area contributed by atoms with Crippen molar-refractivity contribution in [2.45, 2.75) is 6.04 Å². The summed E-state index contributed by atoms with van der Waals surface area (Å²) in [5.41, 5.74) is 1.11. The number of hydrogen-bond donors (Lipinski definition) is 1. The van der Waals surface area contributed by atoms with Gasteiger partial charge in [-0.25, -0.2) is 4.39 Å². The first-order chi connectivity index (χ1) is 9.31. The van der Waals surface area contributed by atoms with Crippen LogP contribution in [0.4, 0.5) is 4.39 Å². The molecule has 1 atom stereocenters. The van der Waals surface area contributed by atoms with E-state index in [4.69, 9.17) is 0 Å². The van der Waals surface area contributed by atoms with Crippen molar-refractivity contribution < 1.29 is 4.39 Å². The Morgan fingerprint density at radius 2 is 1.79 bits per heavy atom. The van der Waals surface area contributed by atoms with E-state index in [-0.39, 0.29) is 11.9 Å². The van der Waals surface area contributed by atoms with Crippen molar-refractivity contribution >= 4 is 22.1 Å². The van der Waals surface area contributed by atoms with E-state index in [1.807, 2.05) is 43.4 Å². The largest absolute Gasteiger partial charge is 0.309 e. The highest BCUT2D eigenvalue weighted by Crippen LogP contribution is 2.32. The first-order valence-electron chi connectivity index (χ1n) is 6.19. The van der Waals surface area contributed by atoms with Gasteiger partial charge in [-0.1, -0.05) is 36.4 Å². The van der Waals surface area contributed by atoms with Crippen LogP contribution in [0.15, 0.2) is 53.9 Å². The number of benzene rings is 2. The van der Waals surface area contributed by atoms with E-state index in [0.29, 0.717) is 5.39 Å². The van der Waals surface area contributed by atoms with E-state index in [9.17, 15) is 4.39 Å². The van der Waals surface area contributed by atoms with Gasteiger partial charge >= 0.3 is 0 Å². The molecule has 1 aromatic heterocycles. The summed E-state index contributed by atoms with van der Waals surface area (Å²) in [7, 11) is 1.93. The minimum atomic E-state index is -0.166. The summed E-state index contributed by atoms with van der Waals surface area (Å²) in [6.07, 6.45) is 0. The zero-order chi connectivity index (χ0) is 13.2. The van der Waals surface area contributed by atoms with E-state index in [2.05, 4.69) is 16.8 Å². The molecule has 2 aromatic carbocycles. The molecule has 96 valence electrons. The van der Waals surface area contributed by atoms with Crippen molar-refractivity contribution in [2.24, 2.45) is 0 Å². The zero-order valence-corrected chi connectivity index (χ0v) is 11.4. The van der Waals surface area contributed by atoms with Crippen LogP contribution in [0, 0.1) is 5.82 Å². The quantitative estimate of drug-likeness (QED) is 0.746. The molecule has 3 aromatic rings. The van der Waals surface area contributed by atoms with Gasteiger partial charge in [-0.2, -0.15) is 0 Å². The molecular formula is C16H14FNS. The van der Waals surface area contributed by atoms with Crippen molar-refractivity contribution in [3.05, 3.63) is 70.2 Å². The highest BCUT2D eigenvalue weighted by molar-refractivity contribution is 7.10. The number of fused-ring (bicyclic) bond motifs is 1. The second-order valence-electron chi connectivity index (χ2n) is 4.42. The highest BCUT2D eigenvalue weighted by atomic mass is 32.1. The van der Waals surface area contributed by atoms with Crippen molar-refractivity contribution in [1.29, 1.82) is 0 Å². The second-order valence-corrected chi connectivity index (χ2v) is 5.40. The van der Waals surface area contributed by atoms with Crippen LogP contribution < -0.4 is 5.32 Å². The van der Waals surface area contributed by atoms with Gasteiger partial charge in [0, 0.05) is 10.3 Å². The third kappa shape index (κ3) is 2.15. The summed E-state index contributed by atoms with van der Waals surface area (Å²) in [5.74, 6) is -0.166. The van der Waals surface area contributed by atoms with Crippen LogP contribution in [0.2, 0.25) is 0 Å². The molecule has 1 N–H and O–H groups in total. The van der Waals surface area contributed by atoms with Crippen molar-refractivity contribution in [2.75, 3.05) is 7.05 Å². The fourth-order valence-corrected chi connectivity index (χ4v) is 3.30. The Labute approximate surface area is 115 Å². The summed E-state index contributed by atoms with van der Waals surface area (Å²) in [4.78, 5) is 1.24. The summed E-state index contributed by atoms with van der Waals surface area (Å²) < 4.78 is 13.9. The minimum Gasteiger partial charge on any atom is -0.309 e. The van der Waals surface area contributed by atoms with Crippen molar-refractivity contribution in [1.82, 2.24) is 5.32 Å². The van der Waals surface area contributed by atoms with E-state index in [0.717, 1.165) is 10.9 Å². The lowest BCUT2D eigenvalue weighted by Crippen LogP contribution is -2.16. The van der Waals surface area contributed by atoms with Crippen LogP contribution in [0.25, 0.3) is 10.8 Å². The number of halogens is 1. The minimum absolute atomic E-state index is 0.102. The van der Waals surface area contributed by atoms with E-state index >= 15 is 0 Å². The molecule has 1 nitrogen and oxygen atoms in total. The third-order valence-corrected chi connectivity index (χ3v) is 4.27. The molecule has 1 heterocycles. The normalized spacial score (nSPS) is 12.7. The molecule has 0 aliphatic carbocycles. The molecule has 0 radical (unpaired) electrons. The van der Waals surface area contributed by atoms with Gasteiger partial charge in [0.25, 0.3) is 0 Å². The lowest BCUT2D eigenvalue weighted by atomic mass is 9.97. The van der Waals surface area contributed by atoms with Gasteiger partial charge in [-0.15, -0.1) is 11.3 Å². The number of hydrogen-bond acceptors (Lipinski definition) is 2. The first kappa shape index (κ1) is 12.3. The summed E-state index contributed by atoms with van der Waals surface area (Å²) in [6, 6.07) is 15.3. The Kier molecular flexibility index (Phi) is 3.32. The molecule has 0 spiro atoms. The molecule has 3 rings (SSSR count). The Balaban J connectivity index is 2.22. The van der Waals surface area contributed by atoms with Gasteiger partial charge < -0.3 is 5.32 Å². The molecule has 0 amide bonds. The molecule has 0 bridgehead atoms. The third-order valence-electron chi connectivity index (χ3n) is 3.33. The lowest BCUT2D eigenvalue weighted by Gasteiger charge is -2.17. The van der Waals surface area contributed by atoms with Crippen molar-refractivity contribution in [3.63, 3.8) is 0 Å². The van der Waals surface area contributed by atoms with Crippen LogP contribution in [-0.2, 0) is 0 Å². The van der Waals surface area contributed by atoms with Crippen LogP contribution in [0.1, 0.15) is 16.5 Å². The van der Waals surface area contributed by atoms with Gasteiger partial charge in [0.05, 0.1) is 6.04 Å². The standard InChI is InChI=1S/C16H14FNS/c1-18-16(15-7-4-10-19-15)13-8-9-14(17)12-6-3-2-5-11(12)13/h2-10,16,18H,1H3. The number of thiophene rings is 1. The van der Waals surface area contributed by atoms with E-state index in [1.165, 1.54) is 4.88 Å². The molecule has 0 saturated carbocycles. The van der Waals surface area contributed by atoms with Crippen LogP contribution in [0.5, 0.6) is 0 Å². The Morgan fingerprint density at radius 1 is 1.00 bits per heavy atom. The fraction of sp³-hybridized carbons (Fsp3) is 0.125. The SMILES string of the molecule is CNC(c1cccs1)c1ccc(F)c2ccccc12. The molecule has 0 fully saturated rings. The maximum atomic E-state index is 13.9. The zero-order valence-electron chi connectivity index (χ0n) is 10.6. The van der Waals surface area contributed by atoms with Gasteiger partial charge in [0.1, 0.15) is 5.82 Å². The summed E-state index contributed by atoms with van der Waals surface area (Å²) >= 11 is 1.71. The second kappa shape index (κ2) is 5.11. The van der Waals surface area contributed by atoms with Crippen molar-refractivity contribution in [3.8, 4) is 0 Å². The fourth-order valence-electron chi connectivity index (χ4n) is 2.44. The Hall–Kier alpha value is -1.71. The molecule has 0 saturated heterocycles. The number of rotatable bonds is 3. The van der Waals surface area contributed by atoms with Crippen LogP contribution in [0.3, 0.4) is 0 Å². The first-order valence-corrected chi connectivity index (χ1v) is 7.07. The summed E-state index contributed by atoms with van der Waals surface area (Å²) in [5, 5.41) is 7.03. The predicted octanol–water partition coefficient (Wildman–Crippen LogP) is 4.35. The lowest BCUT2D eigenvalue weighted by molar-refractivity contribution is 0.637. The van der Waals surface area contributed by atoms with E-state index in [1.54, 1.807) is 17.4 Å². The van der Waals surface area contributed by atoms with Gasteiger partial charge in [-0.05, 0) is 35.5 Å². The molecular weight excluding hydrogens is 257 g/mol. The molecule has 1 unspecified atom stereocenters. The molecule has 3 heteroatoms. The Bertz CT molecular complexity index is 691. The average molecular weight is 271 g/mol. The van der Waals surface area contributed by atoms with Gasteiger partial charge in [0.15, 0.2) is 0 Å². The highest BCUT2D eigenvalue weighted by Gasteiger charge is 2.16. The Morgan fingerprint density at radius 3 is 2.47 bits per heavy atom. The maximum Gasteiger partial charge on any atom is 0.131 e. The van der Waals surface area contributed by atoms with E-state index < -0.39 is 0 Å². The average Bonchev–Trinajstić information content (AvgIpc) is 2.96. The summed E-state index contributed by atoms with van der Waals surface area (Å²) in [6.45, 7) is 0. The number of nitrogens with one attached hydrogen (secondary N) is 1. The molecule has 0 aliphatic heterocycles. The van der Waals surface area contributed by atoms with Crippen LogP contribution >= 0.6 is 11.3 Å². The maximum absolute atomic E-state index is 13.9. The monoisotopic (exact) mass is 271 g/mol. The smallest absolute Gasteiger partial charge is 0.131 e. The molecule has 0 aliphatic rings. The van der Waals surface area contributed by atoms with Gasteiger partial charge in [-0.3, -0.25) is 0 Å². The molecule has 19 heavy (non-hydrogen) atoms. The topological polar surface area (TPSA) is 12.0 Å². The van der Waals surface area contributed by atoms with Crippen LogP contribution in [-0.4, -0.2) is 7.05 Å².